The number of nitrogens with one attached hydrogen (secondary N) is 1. The van der Waals surface area contributed by atoms with E-state index >= 15 is 0 Å². The highest BCUT2D eigenvalue weighted by Gasteiger charge is 2.21. The van der Waals surface area contributed by atoms with Crippen LogP contribution in [-0.4, -0.2) is 6.54 Å². The van der Waals surface area contributed by atoms with Crippen LogP contribution in [0.4, 0.5) is 0 Å². The molecule has 1 aromatic rings. The average molecular weight is 345 g/mol. The van der Waals surface area contributed by atoms with Crippen LogP contribution in [0.25, 0.3) is 0 Å². The molecule has 1 fully saturated rings. The van der Waals surface area contributed by atoms with E-state index in [1.54, 1.807) is 0 Å². The Labute approximate surface area is 130 Å². The van der Waals surface area contributed by atoms with Crippen molar-refractivity contribution in [2.24, 2.45) is 5.92 Å². The molecular weight excluding hydrogens is 322 g/mol. The van der Waals surface area contributed by atoms with Gasteiger partial charge in [0.25, 0.3) is 0 Å². The molecule has 19 heavy (non-hydrogen) atoms. The highest BCUT2D eigenvalue weighted by Crippen LogP contribution is 2.36. The third-order valence-corrected chi connectivity index (χ3v) is 5.41. The van der Waals surface area contributed by atoms with Crippen LogP contribution in [-0.2, 0) is 0 Å². The fraction of sp³-hybridized carbons (Fsp3) is 0.625. The van der Waals surface area contributed by atoms with Crippen LogP contribution in [0.5, 0.6) is 0 Å². The Morgan fingerprint density at radius 1 is 1.32 bits per heavy atom. The molecule has 1 aromatic carbocycles. The van der Waals surface area contributed by atoms with Crippen LogP contribution >= 0.6 is 27.5 Å². The second kappa shape index (κ2) is 7.66. The lowest BCUT2D eigenvalue weighted by atomic mass is 9.83. The summed E-state index contributed by atoms with van der Waals surface area (Å²) in [6.45, 7) is 3.15. The van der Waals surface area contributed by atoms with E-state index in [4.69, 9.17) is 11.6 Å². The molecule has 3 heteroatoms. The summed E-state index contributed by atoms with van der Waals surface area (Å²) < 4.78 is 0.998. The van der Waals surface area contributed by atoms with Crippen LogP contribution in [0, 0.1) is 5.92 Å². The van der Waals surface area contributed by atoms with Crippen LogP contribution in [0.2, 0.25) is 5.02 Å². The zero-order valence-electron chi connectivity index (χ0n) is 11.6. The van der Waals surface area contributed by atoms with E-state index in [2.05, 4.69) is 40.3 Å². The Morgan fingerprint density at radius 3 is 2.74 bits per heavy atom. The van der Waals surface area contributed by atoms with Gasteiger partial charge in [-0.3, -0.25) is 0 Å². The maximum Gasteiger partial charge on any atom is 0.0595 e. The summed E-state index contributed by atoms with van der Waals surface area (Å²) in [5.41, 5.74) is 1.24. The van der Waals surface area contributed by atoms with Gasteiger partial charge in [0, 0.05) is 10.5 Å². The third kappa shape index (κ3) is 4.21. The summed E-state index contributed by atoms with van der Waals surface area (Å²) in [7, 11) is 0. The van der Waals surface area contributed by atoms with Crippen molar-refractivity contribution in [2.45, 2.75) is 51.5 Å². The first-order chi connectivity index (χ1) is 9.22. The molecule has 0 aromatic heterocycles. The molecule has 0 radical (unpaired) electrons. The van der Waals surface area contributed by atoms with Crippen LogP contribution in [0.3, 0.4) is 0 Å². The molecule has 0 spiro atoms. The van der Waals surface area contributed by atoms with E-state index in [-0.39, 0.29) is 0 Å². The van der Waals surface area contributed by atoms with E-state index < -0.39 is 0 Å². The van der Waals surface area contributed by atoms with Gasteiger partial charge in [0.2, 0.25) is 0 Å². The van der Waals surface area contributed by atoms with Gasteiger partial charge < -0.3 is 5.32 Å². The Kier molecular flexibility index (Phi) is 6.18. The smallest absolute Gasteiger partial charge is 0.0595 e. The molecular formula is C16H23BrClN. The zero-order chi connectivity index (χ0) is 13.7. The number of hydrogen-bond acceptors (Lipinski definition) is 1. The molecule has 1 unspecified atom stereocenters. The molecule has 2 rings (SSSR count). The molecule has 106 valence electrons. The van der Waals surface area contributed by atoms with Gasteiger partial charge >= 0.3 is 0 Å². The lowest BCUT2D eigenvalue weighted by molar-refractivity contribution is 0.301. The standard InChI is InChI=1S/C16H23BrClN/c1-2-19-15(11-12-7-4-3-5-8-12)13-9-6-10-14(17)16(13)18/h6,9-10,12,15,19H,2-5,7-8,11H2,1H3. The average Bonchev–Trinajstić information content (AvgIpc) is 2.43. The summed E-state index contributed by atoms with van der Waals surface area (Å²) in [6.07, 6.45) is 8.19. The lowest BCUT2D eigenvalue weighted by Crippen LogP contribution is -2.24. The van der Waals surface area contributed by atoms with Gasteiger partial charge in [-0.2, -0.15) is 0 Å². The fourth-order valence-electron chi connectivity index (χ4n) is 3.11. The van der Waals surface area contributed by atoms with E-state index in [0.29, 0.717) is 6.04 Å². The summed E-state index contributed by atoms with van der Waals surface area (Å²) in [5, 5.41) is 4.47. The van der Waals surface area contributed by atoms with Crippen molar-refractivity contribution in [3.05, 3.63) is 33.3 Å². The highest BCUT2D eigenvalue weighted by atomic mass is 79.9. The number of halogens is 2. The third-order valence-electron chi connectivity index (χ3n) is 4.10. The highest BCUT2D eigenvalue weighted by molar-refractivity contribution is 9.10. The molecule has 1 saturated carbocycles. The maximum atomic E-state index is 6.45. The van der Waals surface area contributed by atoms with E-state index in [0.717, 1.165) is 22.0 Å². The Hall–Kier alpha value is -0.0500. The Morgan fingerprint density at radius 2 is 2.05 bits per heavy atom. The van der Waals surface area contributed by atoms with E-state index in [1.165, 1.54) is 44.1 Å². The molecule has 1 aliphatic carbocycles. The normalized spacial score (nSPS) is 18.5. The van der Waals surface area contributed by atoms with Crippen LogP contribution in [0.1, 0.15) is 57.1 Å². The molecule has 1 atom stereocenters. The number of benzene rings is 1. The summed E-state index contributed by atoms with van der Waals surface area (Å²) in [5.74, 6) is 0.854. The summed E-state index contributed by atoms with van der Waals surface area (Å²) in [6, 6.07) is 6.63. The van der Waals surface area contributed by atoms with Crippen LogP contribution < -0.4 is 5.32 Å². The van der Waals surface area contributed by atoms with E-state index in [9.17, 15) is 0 Å². The van der Waals surface area contributed by atoms with Crippen molar-refractivity contribution < 1.29 is 0 Å². The monoisotopic (exact) mass is 343 g/mol. The van der Waals surface area contributed by atoms with Crippen molar-refractivity contribution in [2.75, 3.05) is 6.54 Å². The van der Waals surface area contributed by atoms with Crippen molar-refractivity contribution >= 4 is 27.5 Å². The topological polar surface area (TPSA) is 12.0 Å². The molecule has 1 aliphatic rings. The summed E-state index contributed by atoms with van der Waals surface area (Å²) >= 11 is 9.99. The first-order valence-electron chi connectivity index (χ1n) is 7.39. The predicted molar refractivity (Wildman–Crippen MR) is 86.8 cm³/mol. The minimum Gasteiger partial charge on any atom is -0.310 e. The van der Waals surface area contributed by atoms with Gasteiger partial charge in [-0.1, -0.05) is 62.8 Å². The largest absolute Gasteiger partial charge is 0.310 e. The van der Waals surface area contributed by atoms with Crippen molar-refractivity contribution in [1.29, 1.82) is 0 Å². The molecule has 1 N–H and O–H groups in total. The molecule has 0 bridgehead atoms. The SMILES string of the molecule is CCNC(CC1CCCCC1)c1cccc(Br)c1Cl. The fourth-order valence-corrected chi connectivity index (χ4v) is 3.75. The second-order valence-corrected chi connectivity index (χ2v) is 6.73. The first-order valence-corrected chi connectivity index (χ1v) is 8.56. The Bertz CT molecular complexity index is 402. The van der Waals surface area contributed by atoms with Gasteiger partial charge in [0.1, 0.15) is 0 Å². The first kappa shape index (κ1) is 15.3. The van der Waals surface area contributed by atoms with Crippen molar-refractivity contribution in [3.63, 3.8) is 0 Å². The zero-order valence-corrected chi connectivity index (χ0v) is 13.9. The van der Waals surface area contributed by atoms with Crippen LogP contribution in [0.15, 0.2) is 22.7 Å². The summed E-state index contributed by atoms with van der Waals surface area (Å²) in [4.78, 5) is 0. The van der Waals surface area contributed by atoms with Gasteiger partial charge in [-0.25, -0.2) is 0 Å². The van der Waals surface area contributed by atoms with Gasteiger partial charge in [0.15, 0.2) is 0 Å². The Balaban J connectivity index is 2.11. The lowest BCUT2D eigenvalue weighted by Gasteiger charge is -2.28. The van der Waals surface area contributed by atoms with Gasteiger partial charge in [-0.15, -0.1) is 0 Å². The minimum absolute atomic E-state index is 0.387. The quantitative estimate of drug-likeness (QED) is 0.720. The van der Waals surface area contributed by atoms with Gasteiger partial charge in [0.05, 0.1) is 5.02 Å². The van der Waals surface area contributed by atoms with E-state index in [1.807, 2.05) is 6.07 Å². The molecule has 0 heterocycles. The molecule has 0 aliphatic heterocycles. The molecule has 1 nitrogen and oxygen atoms in total. The second-order valence-electron chi connectivity index (χ2n) is 5.49. The minimum atomic E-state index is 0.387. The maximum absolute atomic E-state index is 6.45. The molecule has 0 saturated heterocycles. The number of rotatable bonds is 5. The molecule has 0 amide bonds. The predicted octanol–water partition coefficient (Wildman–Crippen LogP) is 5.72. The number of hydrogen-bond donors (Lipinski definition) is 1. The van der Waals surface area contributed by atoms with Gasteiger partial charge in [-0.05, 0) is 46.4 Å². The van der Waals surface area contributed by atoms with Crippen molar-refractivity contribution in [3.8, 4) is 0 Å². The van der Waals surface area contributed by atoms with Crippen molar-refractivity contribution in [1.82, 2.24) is 5.32 Å².